The number of benzene rings is 2. The van der Waals surface area contributed by atoms with Crippen molar-refractivity contribution in [2.24, 2.45) is 5.41 Å². The number of hydrogen-bond acceptors (Lipinski definition) is 5. The first-order valence-corrected chi connectivity index (χ1v) is 13.9. The molecule has 0 bridgehead atoms. The van der Waals surface area contributed by atoms with Crippen LogP contribution in [0.1, 0.15) is 52.0 Å². The number of ether oxygens (including phenoxy) is 1. The Morgan fingerprint density at radius 2 is 1.73 bits per heavy atom. The molecule has 0 aromatic heterocycles. The number of unbranched alkanes of at least 4 members (excludes halogenated alkanes) is 1. The van der Waals surface area contributed by atoms with Gasteiger partial charge >= 0.3 is 0 Å². The van der Waals surface area contributed by atoms with Gasteiger partial charge in [0, 0.05) is 45.1 Å². The van der Waals surface area contributed by atoms with E-state index in [4.69, 9.17) is 27.9 Å². The van der Waals surface area contributed by atoms with Crippen LogP contribution in [-0.4, -0.2) is 56.0 Å². The number of rotatable bonds is 8. The molecule has 0 radical (unpaired) electrons. The van der Waals surface area contributed by atoms with Gasteiger partial charge < -0.3 is 9.64 Å². The minimum atomic E-state index is -0.182. The number of aryl methyl sites for hydroxylation is 1. The molecule has 2 aromatic carbocycles. The fourth-order valence-corrected chi connectivity index (χ4v) is 5.34. The molecule has 0 N–H and O–H groups in total. The Labute approximate surface area is 230 Å². The van der Waals surface area contributed by atoms with Crippen LogP contribution in [0.5, 0.6) is 5.75 Å². The molecule has 2 aliphatic heterocycles. The van der Waals surface area contributed by atoms with Crippen LogP contribution in [0, 0.1) is 5.41 Å². The van der Waals surface area contributed by atoms with E-state index in [1.807, 2.05) is 57.2 Å². The molecule has 2 heterocycles. The number of halogens is 2. The summed E-state index contributed by atoms with van der Waals surface area (Å²) in [5, 5.41) is 1.22. The summed E-state index contributed by atoms with van der Waals surface area (Å²) < 4.78 is 6.02. The Morgan fingerprint density at radius 3 is 2.46 bits per heavy atom. The van der Waals surface area contributed by atoms with E-state index in [0.29, 0.717) is 47.4 Å². The molecule has 0 unspecified atom stereocenters. The molecule has 1 fully saturated rings. The van der Waals surface area contributed by atoms with E-state index in [2.05, 4.69) is 9.80 Å². The van der Waals surface area contributed by atoms with Crippen LogP contribution in [0.3, 0.4) is 0 Å². The molecule has 200 valence electrons. The number of hydrogen-bond donors (Lipinski definition) is 0. The Hall–Kier alpha value is -2.28. The highest BCUT2D eigenvalue weighted by Crippen LogP contribution is 2.34. The van der Waals surface area contributed by atoms with Crippen LogP contribution in [0.15, 0.2) is 36.4 Å². The molecule has 0 spiro atoms. The summed E-state index contributed by atoms with van der Waals surface area (Å²) in [6.07, 6.45) is 3.32. The molecule has 6 nitrogen and oxygen atoms in total. The first-order chi connectivity index (χ1) is 17.6. The summed E-state index contributed by atoms with van der Waals surface area (Å²) in [5.41, 5.74) is 2.53. The molecule has 2 aliphatic rings. The molecular formula is C29H37Cl2N3O3. The van der Waals surface area contributed by atoms with Crippen LogP contribution in [0.25, 0.3) is 0 Å². The van der Waals surface area contributed by atoms with Crippen molar-refractivity contribution in [3.05, 3.63) is 52.0 Å². The van der Waals surface area contributed by atoms with Crippen LogP contribution in [0.4, 0.5) is 11.4 Å². The zero-order chi connectivity index (χ0) is 26.6. The SMILES string of the molecule is CC(C)(C)CC(=O)N1C(=O)CCc2ccc(OCCCCN3CCN(c4cccc(Cl)c4Cl)CC3)cc21. The predicted octanol–water partition coefficient (Wildman–Crippen LogP) is 6.22. The zero-order valence-electron chi connectivity index (χ0n) is 22.1. The molecule has 37 heavy (non-hydrogen) atoms. The Bertz CT molecular complexity index is 1120. The van der Waals surface area contributed by atoms with E-state index >= 15 is 0 Å². The first kappa shape index (κ1) is 27.7. The monoisotopic (exact) mass is 545 g/mol. The second-order valence-corrected chi connectivity index (χ2v) is 11.9. The smallest absolute Gasteiger partial charge is 0.234 e. The fraction of sp³-hybridized carbons (Fsp3) is 0.517. The largest absolute Gasteiger partial charge is 0.494 e. The van der Waals surface area contributed by atoms with Crippen molar-refractivity contribution < 1.29 is 14.3 Å². The van der Waals surface area contributed by atoms with Crippen molar-refractivity contribution in [2.45, 2.75) is 52.9 Å². The van der Waals surface area contributed by atoms with Gasteiger partial charge in [-0.2, -0.15) is 0 Å². The van der Waals surface area contributed by atoms with Gasteiger partial charge in [-0.3, -0.25) is 19.4 Å². The van der Waals surface area contributed by atoms with Gasteiger partial charge in [0.15, 0.2) is 0 Å². The van der Waals surface area contributed by atoms with Gasteiger partial charge in [0.05, 0.1) is 28.0 Å². The normalized spacial score (nSPS) is 16.6. The lowest BCUT2D eigenvalue weighted by molar-refractivity contribution is -0.127. The topological polar surface area (TPSA) is 53.1 Å². The summed E-state index contributed by atoms with van der Waals surface area (Å²) >= 11 is 12.6. The van der Waals surface area contributed by atoms with Gasteiger partial charge in [0.2, 0.25) is 11.8 Å². The molecule has 2 aromatic rings. The van der Waals surface area contributed by atoms with E-state index in [-0.39, 0.29) is 17.2 Å². The summed E-state index contributed by atoms with van der Waals surface area (Å²) in [4.78, 5) is 31.7. The minimum Gasteiger partial charge on any atom is -0.494 e. The summed E-state index contributed by atoms with van der Waals surface area (Å²) in [6, 6.07) is 11.6. The molecule has 0 atom stereocenters. The van der Waals surface area contributed by atoms with Crippen LogP contribution in [-0.2, 0) is 16.0 Å². The van der Waals surface area contributed by atoms with Gasteiger partial charge in [-0.05, 0) is 55.0 Å². The lowest BCUT2D eigenvalue weighted by Gasteiger charge is -2.36. The van der Waals surface area contributed by atoms with Crippen molar-refractivity contribution in [2.75, 3.05) is 49.1 Å². The number of carbonyl (C=O) groups is 2. The van der Waals surface area contributed by atoms with Gasteiger partial charge in [-0.15, -0.1) is 0 Å². The number of piperazine rings is 1. The van der Waals surface area contributed by atoms with Crippen molar-refractivity contribution in [1.82, 2.24) is 4.90 Å². The summed E-state index contributed by atoms with van der Waals surface area (Å²) in [6.45, 7) is 11.5. The average molecular weight is 547 g/mol. The Balaban J connectivity index is 1.23. The zero-order valence-corrected chi connectivity index (χ0v) is 23.6. The summed E-state index contributed by atoms with van der Waals surface area (Å²) in [5.74, 6) is 0.430. The van der Waals surface area contributed by atoms with Crippen LogP contribution >= 0.6 is 23.2 Å². The lowest BCUT2D eigenvalue weighted by atomic mass is 9.90. The highest BCUT2D eigenvalue weighted by molar-refractivity contribution is 6.43. The van der Waals surface area contributed by atoms with E-state index in [9.17, 15) is 9.59 Å². The number of anilines is 2. The second kappa shape index (κ2) is 12.1. The number of nitrogens with zero attached hydrogens (tertiary/aromatic N) is 3. The highest BCUT2D eigenvalue weighted by atomic mass is 35.5. The van der Waals surface area contributed by atoms with E-state index in [1.165, 1.54) is 4.90 Å². The van der Waals surface area contributed by atoms with Gasteiger partial charge in [-0.25, -0.2) is 0 Å². The van der Waals surface area contributed by atoms with E-state index < -0.39 is 0 Å². The van der Waals surface area contributed by atoms with Crippen LogP contribution < -0.4 is 14.5 Å². The van der Waals surface area contributed by atoms with Gasteiger partial charge in [0.1, 0.15) is 5.75 Å². The third-order valence-corrected chi connectivity index (χ3v) is 7.68. The predicted molar refractivity (Wildman–Crippen MR) is 151 cm³/mol. The quantitative estimate of drug-likeness (QED) is 0.368. The maximum absolute atomic E-state index is 12.9. The highest BCUT2D eigenvalue weighted by Gasteiger charge is 2.32. The Morgan fingerprint density at radius 1 is 0.973 bits per heavy atom. The summed E-state index contributed by atoms with van der Waals surface area (Å²) in [7, 11) is 0. The number of carbonyl (C=O) groups excluding carboxylic acids is 2. The van der Waals surface area contributed by atoms with Crippen LogP contribution in [0.2, 0.25) is 10.0 Å². The minimum absolute atomic E-state index is 0.128. The fourth-order valence-electron chi connectivity index (χ4n) is 4.92. The maximum atomic E-state index is 12.9. The van der Waals surface area contributed by atoms with E-state index in [0.717, 1.165) is 56.8 Å². The molecular weight excluding hydrogens is 509 g/mol. The Kier molecular flexibility index (Phi) is 9.04. The molecule has 0 saturated carbocycles. The molecule has 2 amide bonds. The maximum Gasteiger partial charge on any atom is 0.234 e. The third kappa shape index (κ3) is 7.18. The third-order valence-electron chi connectivity index (χ3n) is 6.87. The average Bonchev–Trinajstić information content (AvgIpc) is 2.84. The molecule has 4 rings (SSSR count). The van der Waals surface area contributed by atoms with Gasteiger partial charge in [-0.1, -0.05) is 56.1 Å². The van der Waals surface area contributed by atoms with Crippen molar-refractivity contribution in [1.29, 1.82) is 0 Å². The van der Waals surface area contributed by atoms with Crippen molar-refractivity contribution in [3.8, 4) is 5.75 Å². The number of imide groups is 1. The van der Waals surface area contributed by atoms with Crippen molar-refractivity contribution in [3.63, 3.8) is 0 Å². The number of amides is 2. The molecule has 8 heteroatoms. The lowest BCUT2D eigenvalue weighted by Crippen LogP contribution is -2.46. The first-order valence-electron chi connectivity index (χ1n) is 13.2. The van der Waals surface area contributed by atoms with Crippen molar-refractivity contribution >= 4 is 46.4 Å². The molecule has 1 saturated heterocycles. The van der Waals surface area contributed by atoms with E-state index in [1.54, 1.807) is 0 Å². The van der Waals surface area contributed by atoms with Gasteiger partial charge in [0.25, 0.3) is 0 Å². The molecule has 0 aliphatic carbocycles. The number of fused-ring (bicyclic) bond motifs is 1. The second-order valence-electron chi connectivity index (χ2n) is 11.1. The standard InChI is InChI=1S/C29H37Cl2N3O3/c1-29(2,3)20-27(36)34-25-19-22(11-9-21(25)10-12-26(34)35)37-18-5-4-13-32-14-16-33(17-15-32)24-8-6-7-23(30)28(24)31/h6-9,11,19H,4-5,10,12-18,20H2,1-3H3.